The van der Waals surface area contributed by atoms with Gasteiger partial charge in [-0.05, 0) is 43.4 Å². The standard InChI is InChI=1S/C15H20ClNO3/c1-10-2-3-12(8-13(10)16)15(19)17-9-14(18)11-4-6-20-7-5-11/h2-3,8,11,14,18H,4-7,9H2,1H3,(H,17,19). The maximum absolute atomic E-state index is 12.0. The van der Waals surface area contributed by atoms with Crippen LogP contribution in [0.1, 0.15) is 28.8 Å². The molecule has 1 aromatic carbocycles. The van der Waals surface area contributed by atoms with Gasteiger partial charge in [0.1, 0.15) is 0 Å². The molecule has 0 saturated carbocycles. The lowest BCUT2D eigenvalue weighted by Gasteiger charge is -2.26. The third-order valence-electron chi connectivity index (χ3n) is 3.72. The SMILES string of the molecule is Cc1ccc(C(=O)NCC(O)C2CCOCC2)cc1Cl. The monoisotopic (exact) mass is 297 g/mol. The van der Waals surface area contributed by atoms with E-state index < -0.39 is 6.10 Å². The van der Waals surface area contributed by atoms with Crippen LogP contribution in [-0.4, -0.2) is 36.9 Å². The Morgan fingerprint density at radius 3 is 2.85 bits per heavy atom. The lowest BCUT2D eigenvalue weighted by Crippen LogP contribution is -2.38. The van der Waals surface area contributed by atoms with Crippen molar-refractivity contribution in [1.82, 2.24) is 5.32 Å². The van der Waals surface area contributed by atoms with Crippen LogP contribution >= 0.6 is 11.6 Å². The van der Waals surface area contributed by atoms with Gasteiger partial charge in [-0.1, -0.05) is 17.7 Å². The number of hydrogen-bond donors (Lipinski definition) is 2. The van der Waals surface area contributed by atoms with E-state index in [9.17, 15) is 9.90 Å². The smallest absolute Gasteiger partial charge is 0.251 e. The molecule has 1 unspecified atom stereocenters. The Bertz CT molecular complexity index is 472. The topological polar surface area (TPSA) is 58.6 Å². The summed E-state index contributed by atoms with van der Waals surface area (Å²) in [5, 5.41) is 13.4. The molecule has 0 aromatic heterocycles. The maximum atomic E-state index is 12.0. The van der Waals surface area contributed by atoms with Gasteiger partial charge in [0.2, 0.25) is 0 Å². The first-order valence-corrected chi connectivity index (χ1v) is 7.26. The van der Waals surface area contributed by atoms with E-state index in [2.05, 4.69) is 5.32 Å². The molecule has 1 aliphatic rings. The summed E-state index contributed by atoms with van der Waals surface area (Å²) in [5.41, 5.74) is 1.45. The molecule has 5 heteroatoms. The van der Waals surface area contributed by atoms with Gasteiger partial charge >= 0.3 is 0 Å². The molecule has 1 heterocycles. The molecule has 1 amide bonds. The van der Waals surface area contributed by atoms with Gasteiger partial charge < -0.3 is 15.2 Å². The number of halogens is 1. The van der Waals surface area contributed by atoms with Gasteiger partial charge in [0.25, 0.3) is 5.91 Å². The zero-order chi connectivity index (χ0) is 14.5. The van der Waals surface area contributed by atoms with E-state index in [4.69, 9.17) is 16.3 Å². The molecule has 1 atom stereocenters. The number of carbonyl (C=O) groups is 1. The van der Waals surface area contributed by atoms with Crippen LogP contribution in [0.25, 0.3) is 0 Å². The Morgan fingerprint density at radius 2 is 2.20 bits per heavy atom. The minimum Gasteiger partial charge on any atom is -0.391 e. The molecule has 0 spiro atoms. The van der Waals surface area contributed by atoms with Crippen molar-refractivity contribution in [2.75, 3.05) is 19.8 Å². The van der Waals surface area contributed by atoms with Crippen LogP contribution in [-0.2, 0) is 4.74 Å². The minimum atomic E-state index is -0.524. The molecule has 1 saturated heterocycles. The van der Waals surface area contributed by atoms with Crippen LogP contribution in [0.2, 0.25) is 5.02 Å². The van der Waals surface area contributed by atoms with E-state index in [-0.39, 0.29) is 18.4 Å². The predicted molar refractivity (Wildman–Crippen MR) is 78.1 cm³/mol. The minimum absolute atomic E-state index is 0.200. The summed E-state index contributed by atoms with van der Waals surface area (Å²) in [6, 6.07) is 5.19. The number of hydrogen-bond acceptors (Lipinski definition) is 3. The molecule has 20 heavy (non-hydrogen) atoms. The molecule has 110 valence electrons. The van der Waals surface area contributed by atoms with E-state index in [1.807, 2.05) is 13.0 Å². The van der Waals surface area contributed by atoms with Gasteiger partial charge in [-0.2, -0.15) is 0 Å². The van der Waals surface area contributed by atoms with Crippen molar-refractivity contribution in [3.8, 4) is 0 Å². The second kappa shape index (κ2) is 7.07. The highest BCUT2D eigenvalue weighted by Gasteiger charge is 2.22. The van der Waals surface area contributed by atoms with Crippen molar-refractivity contribution < 1.29 is 14.6 Å². The fourth-order valence-corrected chi connectivity index (χ4v) is 2.48. The molecule has 1 fully saturated rings. The summed E-state index contributed by atoms with van der Waals surface area (Å²) in [5.74, 6) is -0.0105. The highest BCUT2D eigenvalue weighted by atomic mass is 35.5. The Balaban J connectivity index is 1.86. The van der Waals surface area contributed by atoms with E-state index in [1.165, 1.54) is 0 Å². The largest absolute Gasteiger partial charge is 0.391 e. The van der Waals surface area contributed by atoms with Crippen molar-refractivity contribution >= 4 is 17.5 Å². The van der Waals surface area contributed by atoms with E-state index >= 15 is 0 Å². The van der Waals surface area contributed by atoms with Crippen LogP contribution in [0, 0.1) is 12.8 Å². The summed E-state index contributed by atoms with van der Waals surface area (Å²) in [6.45, 7) is 3.51. The number of aliphatic hydroxyl groups is 1. The first kappa shape index (κ1) is 15.3. The zero-order valence-corrected chi connectivity index (χ0v) is 12.3. The number of rotatable bonds is 4. The van der Waals surface area contributed by atoms with Crippen molar-refractivity contribution in [3.63, 3.8) is 0 Å². The zero-order valence-electron chi connectivity index (χ0n) is 11.6. The van der Waals surface area contributed by atoms with Gasteiger partial charge in [0.15, 0.2) is 0 Å². The average molecular weight is 298 g/mol. The second-order valence-electron chi connectivity index (χ2n) is 5.19. The molecule has 2 N–H and O–H groups in total. The van der Waals surface area contributed by atoms with Crippen LogP contribution in [0.5, 0.6) is 0 Å². The first-order chi connectivity index (χ1) is 9.58. The van der Waals surface area contributed by atoms with Crippen molar-refractivity contribution in [2.45, 2.75) is 25.9 Å². The second-order valence-corrected chi connectivity index (χ2v) is 5.60. The number of nitrogens with one attached hydrogen (secondary N) is 1. The molecule has 0 aliphatic carbocycles. The summed E-state index contributed by atoms with van der Waals surface area (Å²) in [7, 11) is 0. The Kier molecular flexibility index (Phi) is 5.40. The van der Waals surface area contributed by atoms with Crippen molar-refractivity contribution in [1.29, 1.82) is 0 Å². The van der Waals surface area contributed by atoms with Crippen molar-refractivity contribution in [3.05, 3.63) is 34.3 Å². The van der Waals surface area contributed by atoms with Gasteiger partial charge in [0.05, 0.1) is 6.10 Å². The van der Waals surface area contributed by atoms with Crippen LogP contribution in [0.3, 0.4) is 0 Å². The summed E-state index contributed by atoms with van der Waals surface area (Å²) >= 11 is 6.00. The summed E-state index contributed by atoms with van der Waals surface area (Å²) < 4.78 is 5.26. The number of aryl methyl sites for hydroxylation is 1. The Hall–Kier alpha value is -1.10. The fourth-order valence-electron chi connectivity index (χ4n) is 2.30. The van der Waals surface area contributed by atoms with Gasteiger partial charge in [-0.25, -0.2) is 0 Å². The highest BCUT2D eigenvalue weighted by Crippen LogP contribution is 2.19. The number of benzene rings is 1. The van der Waals surface area contributed by atoms with E-state index in [1.54, 1.807) is 12.1 Å². The third kappa shape index (κ3) is 3.95. The van der Waals surface area contributed by atoms with E-state index in [0.29, 0.717) is 23.8 Å². The molecule has 1 aliphatic heterocycles. The van der Waals surface area contributed by atoms with Gasteiger partial charge in [-0.15, -0.1) is 0 Å². The van der Waals surface area contributed by atoms with E-state index in [0.717, 1.165) is 18.4 Å². The van der Waals surface area contributed by atoms with Gasteiger partial charge in [-0.3, -0.25) is 4.79 Å². The third-order valence-corrected chi connectivity index (χ3v) is 4.12. The fraction of sp³-hybridized carbons (Fsp3) is 0.533. The number of ether oxygens (including phenoxy) is 1. The van der Waals surface area contributed by atoms with Crippen LogP contribution < -0.4 is 5.32 Å². The van der Waals surface area contributed by atoms with Crippen molar-refractivity contribution in [2.24, 2.45) is 5.92 Å². The molecular formula is C15H20ClNO3. The molecule has 2 rings (SSSR count). The molecular weight excluding hydrogens is 278 g/mol. The van der Waals surface area contributed by atoms with Crippen LogP contribution in [0.15, 0.2) is 18.2 Å². The lowest BCUT2D eigenvalue weighted by molar-refractivity contribution is 0.00873. The average Bonchev–Trinajstić information content (AvgIpc) is 2.48. The Morgan fingerprint density at radius 1 is 1.50 bits per heavy atom. The number of carbonyl (C=O) groups excluding carboxylic acids is 1. The Labute approximate surface area is 124 Å². The lowest BCUT2D eigenvalue weighted by atomic mass is 9.94. The first-order valence-electron chi connectivity index (χ1n) is 6.88. The maximum Gasteiger partial charge on any atom is 0.251 e. The summed E-state index contributed by atoms with van der Waals surface area (Å²) in [6.07, 6.45) is 1.16. The molecule has 1 aromatic rings. The predicted octanol–water partition coefficient (Wildman–Crippen LogP) is 2.17. The normalized spacial score (nSPS) is 17.8. The highest BCUT2D eigenvalue weighted by molar-refractivity contribution is 6.31. The molecule has 0 bridgehead atoms. The quantitative estimate of drug-likeness (QED) is 0.895. The number of amides is 1. The molecule has 4 nitrogen and oxygen atoms in total. The summed E-state index contributed by atoms with van der Waals surface area (Å²) in [4.78, 5) is 12.0. The molecule has 0 radical (unpaired) electrons. The van der Waals surface area contributed by atoms with Crippen LogP contribution in [0.4, 0.5) is 0 Å². The van der Waals surface area contributed by atoms with Gasteiger partial charge in [0, 0.05) is 30.3 Å². The number of aliphatic hydroxyl groups excluding tert-OH is 1.